The summed E-state index contributed by atoms with van der Waals surface area (Å²) in [5.74, 6) is -0.576. The van der Waals surface area contributed by atoms with Crippen LogP contribution in [0.5, 0.6) is 0 Å². The molecule has 0 saturated carbocycles. The number of carbonyl (C=O) groups excluding carboxylic acids is 1. The average molecular weight is 320 g/mol. The third-order valence-corrected chi connectivity index (χ3v) is 3.87. The zero-order valence-corrected chi connectivity index (χ0v) is 10.1. The van der Waals surface area contributed by atoms with Crippen molar-refractivity contribution in [2.24, 2.45) is 0 Å². The first kappa shape index (κ1) is 13.1. The molecule has 0 aliphatic heterocycles. The Balaban J connectivity index is 3.75. The minimum Gasteiger partial charge on any atom is -0.462 e. The SMILES string of the molecule is C=C(C)C(=O)OCCP(=O)(O)OI. The number of hydrogen-bond acceptors (Lipinski definition) is 4. The van der Waals surface area contributed by atoms with E-state index in [9.17, 15) is 9.36 Å². The molecule has 0 aliphatic rings. The van der Waals surface area contributed by atoms with Crippen LogP contribution in [0.1, 0.15) is 6.92 Å². The molecule has 0 fully saturated rings. The van der Waals surface area contributed by atoms with Gasteiger partial charge in [0.1, 0.15) is 29.6 Å². The largest absolute Gasteiger partial charge is 0.462 e. The van der Waals surface area contributed by atoms with E-state index in [1.807, 2.05) is 0 Å². The summed E-state index contributed by atoms with van der Waals surface area (Å²) in [4.78, 5) is 19.7. The fourth-order valence-corrected chi connectivity index (χ4v) is 1.39. The van der Waals surface area contributed by atoms with Gasteiger partial charge in [0.15, 0.2) is 0 Å². The lowest BCUT2D eigenvalue weighted by Crippen LogP contribution is -2.09. The lowest BCUT2D eigenvalue weighted by atomic mass is 10.4. The summed E-state index contributed by atoms with van der Waals surface area (Å²) < 4.78 is 19.7. The Morgan fingerprint density at radius 3 is 2.62 bits per heavy atom. The Labute approximate surface area is 90.3 Å². The van der Waals surface area contributed by atoms with Gasteiger partial charge in [-0.3, -0.25) is 4.57 Å². The average Bonchev–Trinajstić information content (AvgIpc) is 2.04. The van der Waals surface area contributed by atoms with Crippen molar-refractivity contribution in [3.63, 3.8) is 0 Å². The molecule has 0 heterocycles. The summed E-state index contributed by atoms with van der Waals surface area (Å²) >= 11 is 1.33. The highest BCUT2D eigenvalue weighted by atomic mass is 127. The van der Waals surface area contributed by atoms with Gasteiger partial charge in [0.25, 0.3) is 0 Å². The van der Waals surface area contributed by atoms with E-state index >= 15 is 0 Å². The maximum atomic E-state index is 10.8. The van der Waals surface area contributed by atoms with Crippen molar-refractivity contribution in [1.82, 2.24) is 0 Å². The first-order valence-corrected chi connectivity index (χ1v) is 5.98. The summed E-state index contributed by atoms with van der Waals surface area (Å²) in [6, 6.07) is 0. The molecule has 0 aliphatic carbocycles. The lowest BCUT2D eigenvalue weighted by molar-refractivity contribution is -0.138. The normalized spacial score (nSPS) is 14.7. The molecule has 7 heteroatoms. The maximum absolute atomic E-state index is 10.8. The molecule has 0 spiro atoms. The summed E-state index contributed by atoms with van der Waals surface area (Å²) in [6.07, 6.45) is -0.213. The van der Waals surface area contributed by atoms with E-state index in [-0.39, 0.29) is 18.3 Å². The number of carbonyl (C=O) groups is 1. The van der Waals surface area contributed by atoms with Crippen molar-refractivity contribution < 1.29 is 21.8 Å². The molecular weight excluding hydrogens is 310 g/mol. The van der Waals surface area contributed by atoms with E-state index in [4.69, 9.17) is 4.89 Å². The minimum atomic E-state index is -3.58. The molecule has 76 valence electrons. The Morgan fingerprint density at radius 1 is 1.69 bits per heavy atom. The van der Waals surface area contributed by atoms with Gasteiger partial charge < -0.3 is 9.63 Å². The van der Waals surface area contributed by atoms with E-state index < -0.39 is 13.6 Å². The zero-order chi connectivity index (χ0) is 10.5. The summed E-state index contributed by atoms with van der Waals surface area (Å²) in [6.45, 7) is 4.70. The van der Waals surface area contributed by atoms with E-state index in [2.05, 4.69) is 14.2 Å². The molecule has 1 unspecified atom stereocenters. The van der Waals surface area contributed by atoms with Crippen LogP contribution in [0.3, 0.4) is 0 Å². The quantitative estimate of drug-likeness (QED) is 0.361. The smallest absolute Gasteiger partial charge is 0.340 e. The van der Waals surface area contributed by atoms with Gasteiger partial charge in [-0.15, -0.1) is 0 Å². The van der Waals surface area contributed by atoms with Crippen molar-refractivity contribution in [3.8, 4) is 0 Å². The van der Waals surface area contributed by atoms with Crippen LogP contribution in [-0.2, 0) is 16.9 Å². The highest BCUT2D eigenvalue weighted by molar-refractivity contribution is 14.1. The fourth-order valence-electron chi connectivity index (χ4n) is 0.411. The summed E-state index contributed by atoms with van der Waals surface area (Å²) in [5, 5.41) is 0. The van der Waals surface area contributed by atoms with Crippen molar-refractivity contribution in [2.75, 3.05) is 12.8 Å². The molecule has 0 amide bonds. The van der Waals surface area contributed by atoms with Gasteiger partial charge in [-0.05, 0) is 6.92 Å². The molecule has 5 nitrogen and oxygen atoms in total. The molecule has 0 radical (unpaired) electrons. The second-order valence-corrected chi connectivity index (χ2v) is 5.39. The molecule has 0 aromatic carbocycles. The Bertz CT molecular complexity index is 251. The van der Waals surface area contributed by atoms with Gasteiger partial charge in [-0.25, -0.2) is 7.65 Å². The number of halogens is 1. The predicted molar refractivity (Wildman–Crippen MR) is 55.6 cm³/mol. The Morgan fingerprint density at radius 2 is 2.23 bits per heavy atom. The fraction of sp³-hybridized carbons (Fsp3) is 0.500. The van der Waals surface area contributed by atoms with E-state index in [1.54, 1.807) is 0 Å². The highest BCUT2D eigenvalue weighted by Crippen LogP contribution is 2.43. The van der Waals surface area contributed by atoms with E-state index in [0.29, 0.717) is 0 Å². The lowest BCUT2D eigenvalue weighted by Gasteiger charge is -2.07. The highest BCUT2D eigenvalue weighted by Gasteiger charge is 2.18. The molecule has 0 aromatic rings. The number of esters is 1. The van der Waals surface area contributed by atoms with Crippen LogP contribution in [0.4, 0.5) is 0 Å². The molecule has 0 saturated heterocycles. The Kier molecular flexibility index (Phi) is 5.78. The maximum Gasteiger partial charge on any atom is 0.340 e. The minimum absolute atomic E-state index is 0.150. The molecule has 1 N–H and O–H groups in total. The predicted octanol–water partition coefficient (Wildman–Crippen LogP) is 1.66. The molecule has 13 heavy (non-hydrogen) atoms. The topological polar surface area (TPSA) is 72.8 Å². The van der Waals surface area contributed by atoms with Crippen LogP contribution < -0.4 is 0 Å². The van der Waals surface area contributed by atoms with Gasteiger partial charge in [0, 0.05) is 5.57 Å². The van der Waals surface area contributed by atoms with E-state index in [1.165, 1.54) is 29.9 Å². The molecule has 0 aromatic heterocycles. The van der Waals surface area contributed by atoms with Gasteiger partial charge in [-0.2, -0.15) is 0 Å². The third-order valence-electron chi connectivity index (χ3n) is 1.06. The molecular formula is C6H10IO5P. The summed E-state index contributed by atoms with van der Waals surface area (Å²) in [5.41, 5.74) is 0.253. The van der Waals surface area contributed by atoms with Gasteiger partial charge in [0.05, 0.1) is 6.16 Å². The van der Waals surface area contributed by atoms with Gasteiger partial charge in [-0.1, -0.05) is 6.58 Å². The van der Waals surface area contributed by atoms with Gasteiger partial charge in [0.2, 0.25) is 0 Å². The monoisotopic (exact) mass is 320 g/mol. The van der Waals surface area contributed by atoms with Crippen LogP contribution in [-0.4, -0.2) is 23.6 Å². The first-order chi connectivity index (χ1) is 5.89. The second kappa shape index (κ2) is 5.74. The van der Waals surface area contributed by atoms with Crippen LogP contribution in [0, 0.1) is 0 Å². The van der Waals surface area contributed by atoms with E-state index in [0.717, 1.165) is 0 Å². The van der Waals surface area contributed by atoms with Crippen molar-refractivity contribution in [1.29, 1.82) is 0 Å². The van der Waals surface area contributed by atoms with Gasteiger partial charge >= 0.3 is 13.6 Å². The number of hydrogen-bond donors (Lipinski definition) is 1. The van der Waals surface area contributed by atoms with Crippen LogP contribution in [0.2, 0.25) is 0 Å². The number of ether oxygens (including phenoxy) is 1. The van der Waals surface area contributed by atoms with Crippen LogP contribution >= 0.6 is 30.6 Å². The van der Waals surface area contributed by atoms with Crippen molar-refractivity contribution in [2.45, 2.75) is 6.92 Å². The zero-order valence-electron chi connectivity index (χ0n) is 7.03. The van der Waals surface area contributed by atoms with Crippen LogP contribution in [0.25, 0.3) is 0 Å². The standard InChI is InChI=1S/C6H10IO5P/c1-5(2)6(8)11-3-4-13(9,10)12-7/h1,3-4H2,2H3,(H,9,10). The van der Waals surface area contributed by atoms with Crippen LogP contribution in [0.15, 0.2) is 12.2 Å². The van der Waals surface area contributed by atoms with Crippen molar-refractivity contribution in [3.05, 3.63) is 12.2 Å². The number of rotatable bonds is 5. The molecule has 0 rings (SSSR count). The molecule has 1 atom stereocenters. The first-order valence-electron chi connectivity index (χ1n) is 3.34. The third kappa shape index (κ3) is 6.20. The van der Waals surface area contributed by atoms with Crippen molar-refractivity contribution >= 4 is 36.6 Å². The second-order valence-electron chi connectivity index (χ2n) is 2.35. The Hall–Kier alpha value is 0.0900. The summed E-state index contributed by atoms with van der Waals surface area (Å²) in [7, 11) is -3.58. The molecule has 0 bridgehead atoms.